The molecule has 1 heterocycles. The van der Waals surface area contributed by atoms with Crippen molar-refractivity contribution in [3.8, 4) is 0 Å². The van der Waals surface area contributed by atoms with Crippen molar-refractivity contribution in [2.75, 3.05) is 4.90 Å². The summed E-state index contributed by atoms with van der Waals surface area (Å²) in [5.41, 5.74) is 12.7. The molecule has 7 heteroatoms. The zero-order valence-electron chi connectivity index (χ0n) is 13.9. The Balaban J connectivity index is 1.98. The maximum Gasteiger partial charge on any atom is 0.220 e. The first-order chi connectivity index (χ1) is 11.8. The lowest BCUT2D eigenvalue weighted by Gasteiger charge is -2.38. The van der Waals surface area contributed by atoms with Gasteiger partial charge in [-0.3, -0.25) is 9.69 Å². The van der Waals surface area contributed by atoms with Crippen molar-refractivity contribution in [1.29, 1.82) is 0 Å². The standard InChI is InChI=1S/C18H18ClN5O/c1-18(2)23-16(20)22-17(21)24(18)12-8-9-13(14(19)10-12)15(25)11-6-4-3-5-7-11/h3-10H,1-2H3,(H4,20,21,22,23). The van der Waals surface area contributed by atoms with E-state index < -0.39 is 5.66 Å². The molecule has 0 atom stereocenters. The van der Waals surface area contributed by atoms with Gasteiger partial charge in [0, 0.05) is 16.8 Å². The number of aliphatic imine (C=N–C) groups is 2. The van der Waals surface area contributed by atoms with Gasteiger partial charge in [-0.1, -0.05) is 41.9 Å². The molecule has 0 amide bonds. The van der Waals surface area contributed by atoms with Gasteiger partial charge in [-0.25, -0.2) is 4.99 Å². The second kappa shape index (κ2) is 6.22. The van der Waals surface area contributed by atoms with Crippen molar-refractivity contribution in [3.05, 3.63) is 64.7 Å². The number of rotatable bonds is 3. The van der Waals surface area contributed by atoms with Gasteiger partial charge in [-0.05, 0) is 32.0 Å². The highest BCUT2D eigenvalue weighted by Crippen LogP contribution is 2.31. The molecular formula is C18H18ClN5O. The lowest BCUT2D eigenvalue weighted by Crippen LogP contribution is -2.54. The quantitative estimate of drug-likeness (QED) is 0.827. The molecule has 1 aliphatic heterocycles. The molecule has 0 aliphatic carbocycles. The molecule has 2 aromatic rings. The molecule has 0 bridgehead atoms. The van der Waals surface area contributed by atoms with Crippen LogP contribution in [-0.4, -0.2) is 23.4 Å². The lowest BCUT2D eigenvalue weighted by atomic mass is 10.0. The average Bonchev–Trinajstić information content (AvgIpc) is 2.53. The van der Waals surface area contributed by atoms with Crippen LogP contribution in [-0.2, 0) is 0 Å². The fourth-order valence-electron chi connectivity index (χ4n) is 2.82. The molecule has 4 N–H and O–H groups in total. The van der Waals surface area contributed by atoms with Gasteiger partial charge >= 0.3 is 0 Å². The number of guanidine groups is 2. The Bertz CT molecular complexity index is 890. The van der Waals surface area contributed by atoms with Crippen LogP contribution in [0.3, 0.4) is 0 Å². The smallest absolute Gasteiger partial charge is 0.220 e. The van der Waals surface area contributed by atoms with E-state index in [1.807, 2.05) is 32.0 Å². The van der Waals surface area contributed by atoms with Gasteiger partial charge in [0.15, 0.2) is 5.78 Å². The van der Waals surface area contributed by atoms with Crippen LogP contribution in [0.2, 0.25) is 5.02 Å². The Labute approximate surface area is 150 Å². The Morgan fingerprint density at radius 2 is 1.80 bits per heavy atom. The zero-order valence-corrected chi connectivity index (χ0v) is 14.7. The summed E-state index contributed by atoms with van der Waals surface area (Å²) < 4.78 is 0. The van der Waals surface area contributed by atoms with E-state index in [1.54, 1.807) is 35.2 Å². The van der Waals surface area contributed by atoms with Crippen LogP contribution >= 0.6 is 11.6 Å². The van der Waals surface area contributed by atoms with E-state index in [9.17, 15) is 4.79 Å². The summed E-state index contributed by atoms with van der Waals surface area (Å²) in [6.07, 6.45) is 0. The van der Waals surface area contributed by atoms with Crippen molar-refractivity contribution >= 4 is 35.0 Å². The van der Waals surface area contributed by atoms with Gasteiger partial charge < -0.3 is 11.5 Å². The molecular weight excluding hydrogens is 338 g/mol. The number of carbonyl (C=O) groups is 1. The van der Waals surface area contributed by atoms with Crippen LogP contribution in [0, 0.1) is 0 Å². The lowest BCUT2D eigenvalue weighted by molar-refractivity contribution is 0.103. The highest BCUT2D eigenvalue weighted by atomic mass is 35.5. The van der Waals surface area contributed by atoms with Crippen molar-refractivity contribution in [1.82, 2.24) is 0 Å². The Morgan fingerprint density at radius 1 is 1.12 bits per heavy atom. The normalized spacial score (nSPS) is 16.2. The number of benzene rings is 2. The largest absolute Gasteiger partial charge is 0.369 e. The first kappa shape index (κ1) is 17.0. The highest BCUT2D eigenvalue weighted by molar-refractivity contribution is 6.35. The van der Waals surface area contributed by atoms with Crippen LogP contribution in [0.15, 0.2) is 58.5 Å². The predicted octanol–water partition coefficient (Wildman–Crippen LogP) is 2.76. The van der Waals surface area contributed by atoms with Gasteiger partial charge in [0.1, 0.15) is 5.66 Å². The number of carbonyl (C=O) groups excluding carboxylic acids is 1. The topological polar surface area (TPSA) is 97.1 Å². The Morgan fingerprint density at radius 3 is 2.40 bits per heavy atom. The SMILES string of the molecule is CC1(C)N=C(N)N=C(N)N1c1ccc(C(=O)c2ccccc2)c(Cl)c1. The van der Waals surface area contributed by atoms with E-state index in [0.717, 1.165) is 0 Å². The zero-order chi connectivity index (χ0) is 18.2. The van der Waals surface area contributed by atoms with Gasteiger partial charge in [0.25, 0.3) is 0 Å². The number of ketones is 1. The van der Waals surface area contributed by atoms with Crippen LogP contribution in [0.4, 0.5) is 5.69 Å². The monoisotopic (exact) mass is 355 g/mol. The summed E-state index contributed by atoms with van der Waals surface area (Å²) in [4.78, 5) is 22.6. The number of halogens is 1. The Kier molecular flexibility index (Phi) is 4.22. The molecule has 2 aromatic carbocycles. The molecule has 0 saturated carbocycles. The molecule has 0 radical (unpaired) electrons. The summed E-state index contributed by atoms with van der Waals surface area (Å²) in [7, 11) is 0. The molecule has 0 fully saturated rings. The minimum Gasteiger partial charge on any atom is -0.369 e. The number of nitrogens with two attached hydrogens (primary N) is 2. The van der Waals surface area contributed by atoms with E-state index in [4.69, 9.17) is 23.1 Å². The molecule has 0 unspecified atom stereocenters. The molecule has 1 aliphatic rings. The van der Waals surface area contributed by atoms with Crippen LogP contribution in [0.5, 0.6) is 0 Å². The van der Waals surface area contributed by atoms with Crippen molar-refractivity contribution in [2.45, 2.75) is 19.5 Å². The minimum atomic E-state index is -0.718. The third kappa shape index (κ3) is 3.21. The highest BCUT2D eigenvalue weighted by Gasteiger charge is 2.33. The van der Waals surface area contributed by atoms with E-state index >= 15 is 0 Å². The number of anilines is 1. The van der Waals surface area contributed by atoms with Gasteiger partial charge in [0.2, 0.25) is 11.9 Å². The van der Waals surface area contributed by atoms with Crippen LogP contribution in [0.25, 0.3) is 0 Å². The Hall–Kier alpha value is -2.86. The van der Waals surface area contributed by atoms with E-state index in [1.165, 1.54) is 0 Å². The van der Waals surface area contributed by atoms with Crippen molar-refractivity contribution in [2.24, 2.45) is 21.5 Å². The minimum absolute atomic E-state index is 0.126. The van der Waals surface area contributed by atoms with Crippen molar-refractivity contribution in [3.63, 3.8) is 0 Å². The first-order valence-corrected chi connectivity index (χ1v) is 8.06. The summed E-state index contributed by atoms with van der Waals surface area (Å²) in [5.74, 6) is 0.204. The summed E-state index contributed by atoms with van der Waals surface area (Å²) in [6.45, 7) is 3.72. The van der Waals surface area contributed by atoms with Gasteiger partial charge in [0.05, 0.1) is 5.02 Å². The first-order valence-electron chi connectivity index (χ1n) is 7.68. The maximum absolute atomic E-state index is 12.6. The average molecular weight is 356 g/mol. The van der Waals surface area contributed by atoms with E-state index in [2.05, 4.69) is 9.98 Å². The molecule has 0 saturated heterocycles. The third-order valence-electron chi connectivity index (χ3n) is 3.89. The summed E-state index contributed by atoms with van der Waals surface area (Å²) >= 11 is 6.37. The summed E-state index contributed by atoms with van der Waals surface area (Å²) in [5, 5.41) is 0.331. The number of nitrogens with zero attached hydrogens (tertiary/aromatic N) is 3. The van der Waals surface area contributed by atoms with E-state index in [0.29, 0.717) is 21.8 Å². The molecule has 6 nitrogen and oxygen atoms in total. The molecule has 3 rings (SSSR count). The van der Waals surface area contributed by atoms with Crippen molar-refractivity contribution < 1.29 is 4.79 Å². The molecule has 0 spiro atoms. The fraction of sp³-hybridized carbons (Fsp3) is 0.167. The predicted molar refractivity (Wildman–Crippen MR) is 101 cm³/mol. The second-order valence-corrected chi connectivity index (χ2v) is 6.54. The number of hydrogen-bond acceptors (Lipinski definition) is 6. The molecule has 25 heavy (non-hydrogen) atoms. The number of hydrogen-bond donors (Lipinski definition) is 2. The van der Waals surface area contributed by atoms with Crippen LogP contribution < -0.4 is 16.4 Å². The second-order valence-electron chi connectivity index (χ2n) is 6.13. The molecule has 128 valence electrons. The van der Waals surface area contributed by atoms with Gasteiger partial charge in [-0.2, -0.15) is 4.99 Å². The van der Waals surface area contributed by atoms with Crippen LogP contribution in [0.1, 0.15) is 29.8 Å². The third-order valence-corrected chi connectivity index (χ3v) is 4.20. The molecule has 0 aromatic heterocycles. The van der Waals surface area contributed by atoms with Gasteiger partial charge in [-0.15, -0.1) is 0 Å². The van der Waals surface area contributed by atoms with E-state index in [-0.39, 0.29) is 17.7 Å². The summed E-state index contributed by atoms with van der Waals surface area (Å²) in [6, 6.07) is 14.1. The maximum atomic E-state index is 12.6. The fourth-order valence-corrected chi connectivity index (χ4v) is 3.08.